The third kappa shape index (κ3) is 3.01. The highest BCUT2D eigenvalue weighted by molar-refractivity contribution is 5.76. The van der Waals surface area contributed by atoms with Gasteiger partial charge in [0.05, 0.1) is 34.4 Å². The average Bonchev–Trinajstić information content (AvgIpc) is 2.52. The number of aryl methyl sites for hydroxylation is 1. The van der Waals surface area contributed by atoms with E-state index in [2.05, 4.69) is 21.4 Å². The SMILES string of the molecule is Cc1cccc(NCc2cnc3cc([N+](=O)[O-])ccc3n2)c1. The van der Waals surface area contributed by atoms with Gasteiger partial charge in [0, 0.05) is 17.8 Å². The fourth-order valence-corrected chi connectivity index (χ4v) is 2.18. The molecule has 0 amide bonds. The molecule has 0 bridgehead atoms. The predicted octanol–water partition coefficient (Wildman–Crippen LogP) is 3.46. The molecule has 0 aliphatic carbocycles. The number of nitrogens with zero attached hydrogens (tertiary/aromatic N) is 3. The second kappa shape index (κ2) is 5.77. The number of rotatable bonds is 4. The van der Waals surface area contributed by atoms with E-state index >= 15 is 0 Å². The molecule has 22 heavy (non-hydrogen) atoms. The Balaban J connectivity index is 1.80. The molecule has 1 N–H and O–H groups in total. The maximum atomic E-state index is 10.7. The van der Waals surface area contributed by atoms with E-state index < -0.39 is 4.92 Å². The monoisotopic (exact) mass is 294 g/mol. The van der Waals surface area contributed by atoms with Gasteiger partial charge in [0.25, 0.3) is 5.69 Å². The second-order valence-corrected chi connectivity index (χ2v) is 5.01. The van der Waals surface area contributed by atoms with Crippen LogP contribution >= 0.6 is 0 Å². The highest BCUT2D eigenvalue weighted by Crippen LogP contribution is 2.18. The van der Waals surface area contributed by atoms with E-state index in [-0.39, 0.29) is 5.69 Å². The van der Waals surface area contributed by atoms with E-state index in [4.69, 9.17) is 0 Å². The van der Waals surface area contributed by atoms with Crippen molar-refractivity contribution in [2.75, 3.05) is 5.32 Å². The summed E-state index contributed by atoms with van der Waals surface area (Å²) in [6.07, 6.45) is 1.63. The minimum absolute atomic E-state index is 0.0208. The van der Waals surface area contributed by atoms with E-state index in [0.717, 1.165) is 11.4 Å². The Bertz CT molecular complexity index is 848. The quantitative estimate of drug-likeness (QED) is 0.588. The number of hydrogen-bond acceptors (Lipinski definition) is 5. The van der Waals surface area contributed by atoms with Crippen molar-refractivity contribution >= 4 is 22.4 Å². The average molecular weight is 294 g/mol. The molecule has 0 aliphatic rings. The van der Waals surface area contributed by atoms with E-state index in [0.29, 0.717) is 17.6 Å². The van der Waals surface area contributed by atoms with E-state index in [9.17, 15) is 10.1 Å². The number of nitro groups is 1. The molecule has 0 saturated carbocycles. The molecule has 3 rings (SSSR count). The fraction of sp³-hybridized carbons (Fsp3) is 0.125. The summed E-state index contributed by atoms with van der Waals surface area (Å²) in [5.74, 6) is 0. The smallest absolute Gasteiger partial charge is 0.271 e. The molecule has 0 fully saturated rings. The number of nitrogens with one attached hydrogen (secondary N) is 1. The number of anilines is 1. The maximum Gasteiger partial charge on any atom is 0.271 e. The third-order valence-electron chi connectivity index (χ3n) is 3.28. The zero-order chi connectivity index (χ0) is 15.5. The molecule has 0 spiro atoms. The van der Waals surface area contributed by atoms with Gasteiger partial charge in [-0.05, 0) is 30.7 Å². The lowest BCUT2D eigenvalue weighted by Gasteiger charge is -2.07. The Kier molecular flexibility index (Phi) is 3.65. The molecule has 6 nitrogen and oxygen atoms in total. The number of nitro benzene ring substituents is 1. The van der Waals surface area contributed by atoms with Gasteiger partial charge in [0.15, 0.2) is 0 Å². The van der Waals surface area contributed by atoms with Gasteiger partial charge < -0.3 is 5.32 Å². The van der Waals surface area contributed by atoms with Crippen molar-refractivity contribution in [3.8, 4) is 0 Å². The van der Waals surface area contributed by atoms with E-state index in [1.165, 1.54) is 17.7 Å². The largest absolute Gasteiger partial charge is 0.379 e. The highest BCUT2D eigenvalue weighted by atomic mass is 16.6. The van der Waals surface area contributed by atoms with Crippen LogP contribution in [-0.4, -0.2) is 14.9 Å². The first-order chi connectivity index (χ1) is 10.6. The number of hydrogen-bond donors (Lipinski definition) is 1. The summed E-state index contributed by atoms with van der Waals surface area (Å²) in [7, 11) is 0. The first kappa shape index (κ1) is 13.9. The summed E-state index contributed by atoms with van der Waals surface area (Å²) in [4.78, 5) is 19.0. The Hall–Kier alpha value is -3.02. The fourth-order valence-electron chi connectivity index (χ4n) is 2.18. The van der Waals surface area contributed by atoms with Crippen molar-refractivity contribution in [3.05, 3.63) is 70.0 Å². The van der Waals surface area contributed by atoms with Gasteiger partial charge in [0.2, 0.25) is 0 Å². The van der Waals surface area contributed by atoms with Crippen LogP contribution < -0.4 is 5.32 Å². The summed E-state index contributed by atoms with van der Waals surface area (Å²) in [6, 6.07) is 12.6. The van der Waals surface area contributed by atoms with Crippen molar-refractivity contribution in [2.24, 2.45) is 0 Å². The van der Waals surface area contributed by atoms with Crippen molar-refractivity contribution in [3.63, 3.8) is 0 Å². The molecule has 110 valence electrons. The van der Waals surface area contributed by atoms with Crippen LogP contribution in [0.1, 0.15) is 11.3 Å². The van der Waals surface area contributed by atoms with Crippen LogP contribution in [0.3, 0.4) is 0 Å². The third-order valence-corrected chi connectivity index (χ3v) is 3.28. The summed E-state index contributed by atoms with van der Waals surface area (Å²) < 4.78 is 0. The maximum absolute atomic E-state index is 10.7. The molecule has 0 saturated heterocycles. The van der Waals surface area contributed by atoms with Crippen LogP contribution in [-0.2, 0) is 6.54 Å². The van der Waals surface area contributed by atoms with Crippen LogP contribution in [0.25, 0.3) is 11.0 Å². The predicted molar refractivity (Wildman–Crippen MR) is 84.7 cm³/mol. The molecule has 0 radical (unpaired) electrons. The minimum atomic E-state index is -0.436. The van der Waals surface area contributed by atoms with Crippen LogP contribution in [0.2, 0.25) is 0 Å². The van der Waals surface area contributed by atoms with Crippen LogP contribution in [0.4, 0.5) is 11.4 Å². The summed E-state index contributed by atoms with van der Waals surface area (Å²) in [6.45, 7) is 2.58. The molecule has 0 atom stereocenters. The Morgan fingerprint density at radius 1 is 1.18 bits per heavy atom. The summed E-state index contributed by atoms with van der Waals surface area (Å²) in [5, 5.41) is 14.0. The highest BCUT2D eigenvalue weighted by Gasteiger charge is 2.08. The van der Waals surface area contributed by atoms with Crippen LogP contribution in [0.5, 0.6) is 0 Å². The standard InChI is InChI=1S/C16H14N4O2/c1-11-3-2-4-12(7-11)17-9-13-10-18-16-8-14(20(21)22)5-6-15(16)19-13/h2-8,10,17H,9H2,1H3. The minimum Gasteiger partial charge on any atom is -0.379 e. The number of benzene rings is 2. The molecule has 0 unspecified atom stereocenters. The van der Waals surface area contributed by atoms with Gasteiger partial charge in [-0.3, -0.25) is 15.1 Å². The molecule has 0 aliphatic heterocycles. The number of fused-ring (bicyclic) bond motifs is 1. The van der Waals surface area contributed by atoms with E-state index in [1.807, 2.05) is 25.1 Å². The Labute approximate surface area is 127 Å². The molecule has 1 aromatic heterocycles. The molecule has 6 heteroatoms. The van der Waals surface area contributed by atoms with Gasteiger partial charge in [-0.1, -0.05) is 12.1 Å². The van der Waals surface area contributed by atoms with Crippen LogP contribution in [0, 0.1) is 17.0 Å². The lowest BCUT2D eigenvalue weighted by atomic mass is 10.2. The van der Waals surface area contributed by atoms with E-state index in [1.54, 1.807) is 12.3 Å². The van der Waals surface area contributed by atoms with Gasteiger partial charge in [-0.2, -0.15) is 0 Å². The molecule has 1 heterocycles. The zero-order valence-corrected chi connectivity index (χ0v) is 12.0. The molecule has 3 aromatic rings. The lowest BCUT2D eigenvalue weighted by molar-refractivity contribution is -0.384. The second-order valence-electron chi connectivity index (χ2n) is 5.01. The Morgan fingerprint density at radius 2 is 2.05 bits per heavy atom. The van der Waals surface area contributed by atoms with Gasteiger partial charge in [-0.25, -0.2) is 4.98 Å². The van der Waals surface area contributed by atoms with Crippen molar-refractivity contribution in [1.29, 1.82) is 0 Å². The van der Waals surface area contributed by atoms with Gasteiger partial charge in [-0.15, -0.1) is 0 Å². The van der Waals surface area contributed by atoms with Crippen molar-refractivity contribution < 1.29 is 4.92 Å². The summed E-state index contributed by atoms with van der Waals surface area (Å²) >= 11 is 0. The zero-order valence-electron chi connectivity index (χ0n) is 12.0. The Morgan fingerprint density at radius 3 is 2.82 bits per heavy atom. The topological polar surface area (TPSA) is 81.0 Å². The van der Waals surface area contributed by atoms with Gasteiger partial charge in [0.1, 0.15) is 0 Å². The van der Waals surface area contributed by atoms with Crippen molar-refractivity contribution in [2.45, 2.75) is 13.5 Å². The summed E-state index contributed by atoms with van der Waals surface area (Å²) in [5.41, 5.74) is 4.17. The number of non-ortho nitro benzene ring substituents is 1. The first-order valence-corrected chi connectivity index (χ1v) is 6.82. The molecular weight excluding hydrogens is 280 g/mol. The lowest BCUT2D eigenvalue weighted by Crippen LogP contribution is -2.03. The molecular formula is C16H14N4O2. The number of aromatic nitrogens is 2. The normalized spacial score (nSPS) is 10.6. The molecule has 2 aromatic carbocycles. The van der Waals surface area contributed by atoms with Gasteiger partial charge >= 0.3 is 0 Å². The first-order valence-electron chi connectivity index (χ1n) is 6.82. The van der Waals surface area contributed by atoms with Crippen molar-refractivity contribution in [1.82, 2.24) is 9.97 Å². The van der Waals surface area contributed by atoms with Crippen LogP contribution in [0.15, 0.2) is 48.7 Å².